The second kappa shape index (κ2) is 9.91. The van der Waals surface area contributed by atoms with Gasteiger partial charge in [0.05, 0.1) is 11.5 Å². The van der Waals surface area contributed by atoms with Gasteiger partial charge in [-0.2, -0.15) is 4.31 Å². The number of para-hydroxylation sites is 1. The van der Waals surface area contributed by atoms with Crippen LogP contribution in [0.15, 0.2) is 53.4 Å². The van der Waals surface area contributed by atoms with Gasteiger partial charge in [-0.15, -0.1) is 0 Å². The van der Waals surface area contributed by atoms with E-state index in [1.165, 1.54) is 10.4 Å². The Morgan fingerprint density at radius 3 is 2.60 bits per heavy atom. The molecule has 1 aliphatic rings. The minimum atomic E-state index is -3.56. The summed E-state index contributed by atoms with van der Waals surface area (Å²) in [6.07, 6.45) is 5.92. The second-order valence-electron chi connectivity index (χ2n) is 7.23. The van der Waals surface area contributed by atoms with Crippen LogP contribution in [0, 0.1) is 6.92 Å². The summed E-state index contributed by atoms with van der Waals surface area (Å²) in [6, 6.07) is 12.3. The molecule has 6 nitrogen and oxygen atoms in total. The first-order chi connectivity index (χ1) is 14.4. The minimum absolute atomic E-state index is 0.205. The number of sulfonamides is 1. The summed E-state index contributed by atoms with van der Waals surface area (Å²) in [7, 11) is -3.56. The number of piperidine rings is 1. The van der Waals surface area contributed by atoms with E-state index in [-0.39, 0.29) is 10.8 Å². The van der Waals surface area contributed by atoms with Gasteiger partial charge in [0.2, 0.25) is 15.9 Å². The van der Waals surface area contributed by atoms with Gasteiger partial charge in [-0.05, 0) is 56.5 Å². The van der Waals surface area contributed by atoms with Crippen LogP contribution >= 0.6 is 0 Å². The van der Waals surface area contributed by atoms with E-state index in [9.17, 15) is 13.2 Å². The number of benzene rings is 2. The van der Waals surface area contributed by atoms with Gasteiger partial charge in [-0.1, -0.05) is 30.7 Å². The molecule has 0 bridgehead atoms. The number of hydrogen-bond donors (Lipinski definition) is 1. The number of amides is 1. The lowest BCUT2D eigenvalue weighted by atomic mass is 10.1. The molecule has 2 aromatic rings. The molecule has 1 amide bonds. The number of nitrogens with zero attached hydrogens (tertiary/aromatic N) is 1. The molecule has 1 heterocycles. The van der Waals surface area contributed by atoms with Crippen molar-refractivity contribution in [3.05, 3.63) is 59.7 Å². The highest BCUT2D eigenvalue weighted by molar-refractivity contribution is 7.89. The quantitative estimate of drug-likeness (QED) is 0.670. The topological polar surface area (TPSA) is 75.7 Å². The molecule has 0 unspecified atom stereocenters. The fraction of sp³-hybridized carbons (Fsp3) is 0.348. The molecule has 160 valence electrons. The molecule has 0 radical (unpaired) electrons. The summed E-state index contributed by atoms with van der Waals surface area (Å²) >= 11 is 0. The van der Waals surface area contributed by atoms with Crippen molar-refractivity contribution in [1.82, 2.24) is 4.31 Å². The molecule has 2 aromatic carbocycles. The zero-order valence-electron chi connectivity index (χ0n) is 17.4. The smallest absolute Gasteiger partial charge is 0.248 e. The maximum Gasteiger partial charge on any atom is 0.248 e. The number of nitrogens with one attached hydrogen (secondary N) is 1. The van der Waals surface area contributed by atoms with E-state index >= 15 is 0 Å². The Hall–Kier alpha value is -2.64. The van der Waals surface area contributed by atoms with Crippen LogP contribution in [0.4, 0.5) is 5.69 Å². The fourth-order valence-corrected chi connectivity index (χ4v) is 4.94. The number of carbonyl (C=O) groups excluding carboxylic acids is 1. The van der Waals surface area contributed by atoms with Crippen molar-refractivity contribution >= 4 is 27.7 Å². The average Bonchev–Trinajstić information content (AvgIpc) is 2.75. The molecular weight excluding hydrogens is 400 g/mol. The van der Waals surface area contributed by atoms with E-state index in [4.69, 9.17) is 4.74 Å². The summed E-state index contributed by atoms with van der Waals surface area (Å²) in [5.74, 6) is 0.367. The molecule has 1 aliphatic heterocycles. The standard InChI is InChI=1S/C23H28N2O4S/c1-3-29-22-10-6-5-9-19(22)12-14-23(26)24-21-17-20(13-11-18(21)2)30(27,28)25-15-7-4-8-16-25/h5-6,9-14,17H,3-4,7-8,15-16H2,1-2H3,(H,24,26)/b14-12+. The van der Waals surface area contributed by atoms with E-state index in [0.29, 0.717) is 31.1 Å². The molecule has 30 heavy (non-hydrogen) atoms. The number of ether oxygens (including phenoxy) is 1. The zero-order chi connectivity index (χ0) is 21.6. The fourth-order valence-electron chi connectivity index (χ4n) is 3.40. The van der Waals surface area contributed by atoms with E-state index in [0.717, 1.165) is 30.4 Å². The van der Waals surface area contributed by atoms with Crippen molar-refractivity contribution in [2.45, 2.75) is 38.0 Å². The molecule has 3 rings (SSSR count). The van der Waals surface area contributed by atoms with Crippen LogP contribution in [0.3, 0.4) is 0 Å². The highest BCUT2D eigenvalue weighted by Crippen LogP contribution is 2.25. The Bertz CT molecular complexity index is 1030. The van der Waals surface area contributed by atoms with E-state index in [1.54, 1.807) is 24.3 Å². The Balaban J connectivity index is 1.76. The van der Waals surface area contributed by atoms with Gasteiger partial charge >= 0.3 is 0 Å². The van der Waals surface area contributed by atoms with Gasteiger partial charge < -0.3 is 10.1 Å². The number of carbonyl (C=O) groups is 1. The van der Waals surface area contributed by atoms with Crippen molar-refractivity contribution in [2.75, 3.05) is 25.0 Å². The summed E-state index contributed by atoms with van der Waals surface area (Å²) in [6.45, 7) is 5.36. The first kappa shape index (κ1) is 22.1. The van der Waals surface area contributed by atoms with E-state index in [1.807, 2.05) is 38.1 Å². The van der Waals surface area contributed by atoms with Crippen LogP contribution in [0.1, 0.15) is 37.3 Å². The first-order valence-corrected chi connectivity index (χ1v) is 11.7. The molecule has 1 fully saturated rings. The van der Waals surface area contributed by atoms with Gasteiger partial charge in [0.15, 0.2) is 0 Å². The summed E-state index contributed by atoms with van der Waals surface area (Å²) in [5, 5.41) is 2.80. The highest BCUT2D eigenvalue weighted by Gasteiger charge is 2.26. The summed E-state index contributed by atoms with van der Waals surface area (Å²) in [4.78, 5) is 12.7. The third kappa shape index (κ3) is 5.29. The lowest BCUT2D eigenvalue weighted by Gasteiger charge is -2.26. The van der Waals surface area contributed by atoms with Crippen LogP contribution < -0.4 is 10.1 Å². The Morgan fingerprint density at radius 1 is 1.13 bits per heavy atom. The Labute approximate surface area is 178 Å². The molecule has 0 aliphatic carbocycles. The lowest BCUT2D eigenvalue weighted by Crippen LogP contribution is -2.35. The average molecular weight is 429 g/mol. The third-order valence-corrected chi connectivity index (χ3v) is 6.95. The van der Waals surface area contributed by atoms with Crippen LogP contribution in [0.2, 0.25) is 0 Å². The molecule has 0 spiro atoms. The zero-order valence-corrected chi connectivity index (χ0v) is 18.2. The maximum absolute atomic E-state index is 12.9. The first-order valence-electron chi connectivity index (χ1n) is 10.2. The second-order valence-corrected chi connectivity index (χ2v) is 9.17. The SMILES string of the molecule is CCOc1ccccc1/C=C/C(=O)Nc1cc(S(=O)(=O)N2CCCCC2)ccc1C. The predicted octanol–water partition coefficient (Wildman–Crippen LogP) is 4.22. The highest BCUT2D eigenvalue weighted by atomic mass is 32.2. The monoisotopic (exact) mass is 428 g/mol. The lowest BCUT2D eigenvalue weighted by molar-refractivity contribution is -0.111. The van der Waals surface area contributed by atoms with Gasteiger partial charge in [-0.25, -0.2) is 8.42 Å². The van der Waals surface area contributed by atoms with Crippen LogP contribution in [-0.4, -0.2) is 38.3 Å². The van der Waals surface area contributed by atoms with Gasteiger partial charge in [0.25, 0.3) is 0 Å². The van der Waals surface area contributed by atoms with Crippen molar-refractivity contribution in [3.63, 3.8) is 0 Å². The van der Waals surface area contributed by atoms with Gasteiger partial charge in [0.1, 0.15) is 5.75 Å². The van der Waals surface area contributed by atoms with Gasteiger partial charge in [-0.3, -0.25) is 4.79 Å². The molecule has 0 aromatic heterocycles. The Kier molecular flexibility index (Phi) is 7.29. The number of aryl methyl sites for hydroxylation is 1. The van der Waals surface area contributed by atoms with E-state index in [2.05, 4.69) is 5.32 Å². The minimum Gasteiger partial charge on any atom is -0.493 e. The largest absolute Gasteiger partial charge is 0.493 e. The van der Waals surface area contributed by atoms with Crippen molar-refractivity contribution < 1.29 is 17.9 Å². The van der Waals surface area contributed by atoms with Crippen molar-refractivity contribution in [2.24, 2.45) is 0 Å². The summed E-state index contributed by atoms with van der Waals surface area (Å²) in [5.41, 5.74) is 2.08. The molecular formula is C23H28N2O4S. The van der Waals surface area contributed by atoms with Gasteiger partial charge in [0, 0.05) is 30.4 Å². The van der Waals surface area contributed by atoms with Crippen LogP contribution in [0.5, 0.6) is 5.75 Å². The predicted molar refractivity (Wildman–Crippen MR) is 119 cm³/mol. The molecule has 0 saturated carbocycles. The van der Waals surface area contributed by atoms with Crippen molar-refractivity contribution in [3.8, 4) is 5.75 Å². The number of rotatable bonds is 7. The molecule has 1 N–H and O–H groups in total. The number of hydrogen-bond acceptors (Lipinski definition) is 4. The molecule has 7 heteroatoms. The summed E-state index contributed by atoms with van der Waals surface area (Å²) < 4.78 is 33.0. The molecule has 0 atom stereocenters. The maximum atomic E-state index is 12.9. The van der Waals surface area contributed by atoms with Crippen molar-refractivity contribution in [1.29, 1.82) is 0 Å². The molecule has 1 saturated heterocycles. The van der Waals surface area contributed by atoms with Crippen LogP contribution in [-0.2, 0) is 14.8 Å². The van der Waals surface area contributed by atoms with Crippen LogP contribution in [0.25, 0.3) is 6.08 Å². The van der Waals surface area contributed by atoms with E-state index < -0.39 is 10.0 Å². The number of anilines is 1. The normalized spacial score (nSPS) is 15.3. The Morgan fingerprint density at radius 2 is 1.87 bits per heavy atom. The third-order valence-electron chi connectivity index (χ3n) is 5.05.